The first-order valence-corrected chi connectivity index (χ1v) is 53.5. The number of nitrogens with zero attached hydrogens (tertiary/aromatic N) is 2. The zero-order chi connectivity index (χ0) is 103. The SMILES string of the molecule is CC[C@H](C)[C@H](NC(=O)[C@@H]1C[C@@H]2CCCC[C@@H]2N1C(=O)[C@@H]1CCCN1C(=O)[C@H](CC(C)C)NC(=O)[C@H](COC(C)(C)C)NC(=O)[C@H](CCCNC(=N)NS(=O)(=O)c1c(C)c(C)c2c(c1C)CC(C)(C)O2)NC(=O)[C@H](COC(C)(C)C)NC(=O)[C@@H](N)CSC(c1ccccc1)(c1ccccc1)c1ccccc1)C(=O)N[C@@H](CSC(c1ccccc1)(c1ccccc1)c1ccccc1)C(=O)N[C@H](C(=O)OC)[C@@H](C)CC. The zero-order valence-electron chi connectivity index (χ0n) is 85.6. The summed E-state index contributed by atoms with van der Waals surface area (Å²) in [5, 5.41) is 32.5. The molecule has 7 aromatic carbocycles. The lowest BCUT2D eigenvalue weighted by Crippen LogP contribution is -2.62. The number of rotatable bonds is 45. The summed E-state index contributed by atoms with van der Waals surface area (Å²) in [6.07, 6.45) is 4.90. The number of hydrogen-bond donors (Lipinski definition) is 11. The van der Waals surface area contributed by atoms with Crippen molar-refractivity contribution in [2.24, 2.45) is 29.4 Å². The van der Waals surface area contributed by atoms with E-state index in [1.165, 1.54) is 35.5 Å². The van der Waals surface area contributed by atoms with Gasteiger partial charge in [0.05, 0.1) is 52.0 Å². The van der Waals surface area contributed by atoms with Crippen molar-refractivity contribution >= 4 is 98.6 Å². The van der Waals surface area contributed by atoms with Crippen LogP contribution in [0.5, 0.6) is 5.75 Å². The first-order valence-electron chi connectivity index (χ1n) is 50.0. The van der Waals surface area contributed by atoms with Gasteiger partial charge in [-0.25, -0.2) is 17.9 Å². The highest BCUT2D eigenvalue weighted by atomic mass is 32.2. The number of esters is 1. The minimum atomic E-state index is -4.40. The smallest absolute Gasteiger partial charge is 0.328 e. The number of nitrogens with two attached hydrogens (primary N) is 1. The van der Waals surface area contributed by atoms with Gasteiger partial charge >= 0.3 is 5.97 Å². The van der Waals surface area contributed by atoms with Crippen LogP contribution in [-0.4, -0.2) is 211 Å². The van der Waals surface area contributed by atoms with E-state index < -0.39 is 187 Å². The van der Waals surface area contributed by atoms with Crippen LogP contribution >= 0.6 is 23.5 Å². The Morgan fingerprint density at radius 2 is 0.965 bits per heavy atom. The lowest BCUT2D eigenvalue weighted by molar-refractivity contribution is -0.150. The molecule has 0 radical (unpaired) electrons. The lowest BCUT2D eigenvalue weighted by Gasteiger charge is -2.38. The van der Waals surface area contributed by atoms with Gasteiger partial charge in [0.1, 0.15) is 65.7 Å². The third kappa shape index (κ3) is 27.7. The quantitative estimate of drug-likeness (QED) is 0.00555. The molecule has 4 aliphatic rings. The predicted molar refractivity (Wildman–Crippen MR) is 557 cm³/mol. The minimum Gasteiger partial charge on any atom is -0.487 e. The van der Waals surface area contributed by atoms with E-state index in [2.05, 4.69) is 47.3 Å². The maximum Gasteiger partial charge on any atom is 0.328 e. The Labute approximate surface area is 847 Å². The fourth-order valence-electron chi connectivity index (χ4n) is 19.6. The van der Waals surface area contributed by atoms with Crippen molar-refractivity contribution in [1.82, 2.24) is 57.1 Å². The monoisotopic (exact) mass is 2000 g/mol. The molecule has 3 heterocycles. The number of ether oxygens (including phenoxy) is 4. The van der Waals surface area contributed by atoms with Crippen LogP contribution in [0.15, 0.2) is 187 Å². The summed E-state index contributed by atoms with van der Waals surface area (Å²) in [5.41, 5.74) is 12.4. The number of thioether (sulfide) groups is 2. The molecule has 2 saturated heterocycles. The number of carbonyl (C=O) groups is 10. The van der Waals surface area contributed by atoms with Crippen LogP contribution in [0.4, 0.5) is 0 Å². The maximum atomic E-state index is 16.1. The van der Waals surface area contributed by atoms with Crippen LogP contribution in [0, 0.1) is 49.9 Å². The Morgan fingerprint density at radius 3 is 1.44 bits per heavy atom. The second-order valence-electron chi connectivity index (χ2n) is 41.2. The number of benzene rings is 7. The Kier molecular flexibility index (Phi) is 38.7. The van der Waals surface area contributed by atoms with Gasteiger partial charge in [-0.2, -0.15) is 0 Å². The van der Waals surface area contributed by atoms with Gasteiger partial charge in [-0.3, -0.25) is 48.6 Å². The van der Waals surface area contributed by atoms with Crippen LogP contribution in [0.3, 0.4) is 0 Å². The molecule has 29 nitrogen and oxygen atoms in total. The maximum absolute atomic E-state index is 16.1. The molecule has 7 aromatic rings. The van der Waals surface area contributed by atoms with E-state index in [-0.39, 0.29) is 79.3 Å². The van der Waals surface area contributed by atoms with Gasteiger partial charge in [0, 0.05) is 42.6 Å². The number of guanidine groups is 1. The van der Waals surface area contributed by atoms with E-state index in [9.17, 15) is 18.0 Å². The zero-order valence-corrected chi connectivity index (χ0v) is 88.1. The van der Waals surface area contributed by atoms with Crippen LogP contribution in [-0.2, 0) is 88.1 Å². The van der Waals surface area contributed by atoms with Crippen molar-refractivity contribution in [3.8, 4) is 5.75 Å². The number of carbonyl (C=O) groups excluding carboxylic acids is 10. The van der Waals surface area contributed by atoms with Crippen molar-refractivity contribution in [1.29, 1.82) is 5.41 Å². The molecule has 32 heteroatoms. The normalized spacial score (nSPS) is 18.5. The van der Waals surface area contributed by atoms with E-state index in [1.807, 2.05) is 237 Å². The molecular weight excluding hydrogens is 1860 g/mol. The first kappa shape index (κ1) is 111. The summed E-state index contributed by atoms with van der Waals surface area (Å²) in [5.74, 6) is -8.23. The highest BCUT2D eigenvalue weighted by molar-refractivity contribution is 8.01. The van der Waals surface area contributed by atoms with Crippen molar-refractivity contribution in [3.05, 3.63) is 238 Å². The summed E-state index contributed by atoms with van der Waals surface area (Å²) >= 11 is 2.88. The molecule has 14 atom stereocenters. The second-order valence-corrected chi connectivity index (χ2v) is 45.3. The molecule has 768 valence electrons. The molecule has 11 rings (SSSR count). The van der Waals surface area contributed by atoms with Crippen molar-refractivity contribution in [3.63, 3.8) is 0 Å². The van der Waals surface area contributed by atoms with Gasteiger partial charge in [-0.1, -0.05) is 249 Å². The molecule has 9 amide bonds. The lowest BCUT2D eigenvalue weighted by atomic mass is 9.84. The fraction of sp³-hybridized carbons (Fsp3) is 0.518. The summed E-state index contributed by atoms with van der Waals surface area (Å²) in [7, 11) is -3.15. The summed E-state index contributed by atoms with van der Waals surface area (Å²) in [6, 6.07) is 45.8. The number of fused-ring (bicyclic) bond motifs is 2. The second kappa shape index (κ2) is 49.4. The summed E-state index contributed by atoms with van der Waals surface area (Å²) in [4.78, 5) is 157. The number of sulfonamides is 1. The van der Waals surface area contributed by atoms with E-state index in [0.717, 1.165) is 51.8 Å². The first-order chi connectivity index (χ1) is 67.4. The standard InChI is InChI=1S/C110H149N13O16S3/c1-19-69(5)91(101(130)118-87(99(128)120-92(70(6)20-2)104(133)136-18)67-141-110(78-50-33-24-34-51-78,79-52-35-25-36-53-79)80-54-37-26-38-55-80)119-100(129)90-62-74-43-39-40-57-88(74)123(90)103(132)89-58-42-60-122(89)102(131)84(61-68(3)4)115-98(127)86(65-138-107(13,14)15)117-96(125)83(56-41-59-113-105(112)121-142(134,135)94-72(8)71(7)93-81(73(94)9)63-108(16,17)139-93)114-97(126)85(64-137-106(10,11)12)116-95(124)82(111)66-140-109(75-44-27-21-28-45-75,76-46-29-22-30-47-76)77-48-31-23-32-49-77/h21-38,44-55,68-70,74,82-92H,19-20,39-43,56-67,111H2,1-18H3,(H,114,126)(H,115,127)(H,116,124)(H,117,125)(H,118,130)(H,119,129)(H,120,128)(H3,112,113,121)/t69-,70-,74-,82-,83-,84-,85-,86-,87-,88-,89-,90-,91-,92-/m0/s1. The van der Waals surface area contributed by atoms with E-state index in [4.69, 9.17) is 30.1 Å². The Morgan fingerprint density at radius 1 is 0.528 bits per heavy atom. The van der Waals surface area contributed by atoms with Gasteiger partial charge in [0.25, 0.3) is 10.0 Å². The van der Waals surface area contributed by atoms with Gasteiger partial charge in [-0.15, -0.1) is 23.5 Å². The van der Waals surface area contributed by atoms with Crippen LogP contribution in [0.25, 0.3) is 0 Å². The molecule has 0 unspecified atom stereocenters. The van der Waals surface area contributed by atoms with E-state index in [0.29, 0.717) is 61.0 Å². The Bertz CT molecular complexity index is 5430. The molecule has 1 aliphatic carbocycles. The topological polar surface area (TPSA) is 406 Å². The number of amides is 9. The molecule has 1 saturated carbocycles. The summed E-state index contributed by atoms with van der Waals surface area (Å²) < 4.78 is 53.5. The number of likely N-dealkylation sites (tertiary alicyclic amines) is 2. The largest absolute Gasteiger partial charge is 0.487 e. The summed E-state index contributed by atoms with van der Waals surface area (Å²) in [6.45, 7) is 29.9. The van der Waals surface area contributed by atoms with Crippen molar-refractivity contribution < 1.29 is 75.3 Å². The molecule has 0 bridgehead atoms. The number of nitrogens with one attached hydrogen (secondary N) is 10. The van der Waals surface area contributed by atoms with Gasteiger partial charge in [-0.05, 0) is 201 Å². The molecule has 0 spiro atoms. The average molecular weight is 2010 g/mol. The molecule has 0 aromatic heterocycles. The Balaban J connectivity index is 0.850. The van der Waals surface area contributed by atoms with Gasteiger partial charge in [0.15, 0.2) is 0 Å². The fourth-order valence-corrected chi connectivity index (χ4v) is 24.2. The molecule has 142 heavy (non-hydrogen) atoms. The molecule has 12 N–H and O–H groups in total. The molecule has 3 aliphatic heterocycles. The molecule has 3 fully saturated rings. The Hall–Kier alpha value is -11.2. The van der Waals surface area contributed by atoms with Crippen molar-refractivity contribution in [2.45, 2.75) is 299 Å². The minimum absolute atomic E-state index is 0.00953. The highest BCUT2D eigenvalue weighted by Crippen LogP contribution is 2.52. The third-order valence-corrected chi connectivity index (χ3v) is 32.5. The van der Waals surface area contributed by atoms with Crippen molar-refractivity contribution in [2.75, 3.05) is 44.9 Å². The highest BCUT2D eigenvalue weighted by Gasteiger charge is 2.53. The van der Waals surface area contributed by atoms with Crippen LogP contribution in [0.1, 0.15) is 230 Å². The van der Waals surface area contributed by atoms with Crippen LogP contribution < -0.4 is 57.7 Å². The number of methoxy groups -OCH3 is 1. The van der Waals surface area contributed by atoms with Gasteiger partial charge in [0.2, 0.25) is 59.1 Å². The van der Waals surface area contributed by atoms with E-state index in [1.54, 1.807) is 67.2 Å². The number of hydrogen-bond acceptors (Lipinski definition) is 20. The third-order valence-electron chi connectivity index (χ3n) is 27.6. The predicted octanol–water partition coefficient (Wildman–Crippen LogP) is 13.2. The van der Waals surface area contributed by atoms with Gasteiger partial charge < -0.3 is 77.0 Å². The van der Waals surface area contributed by atoms with E-state index >= 15 is 38.4 Å². The molecular formula is C110H149N13O16S3. The van der Waals surface area contributed by atoms with Crippen LogP contribution in [0.2, 0.25) is 0 Å². The average Bonchev–Trinajstić information content (AvgIpc) is 1.46.